The van der Waals surface area contributed by atoms with E-state index in [4.69, 9.17) is 4.74 Å². The molecule has 1 atom stereocenters. The molecule has 0 amide bonds. The van der Waals surface area contributed by atoms with Gasteiger partial charge in [-0.05, 0) is 31.3 Å². The molecule has 0 spiro atoms. The summed E-state index contributed by atoms with van der Waals surface area (Å²) in [5, 5.41) is 18.1. The summed E-state index contributed by atoms with van der Waals surface area (Å²) < 4.78 is 9.83. The fourth-order valence-electron chi connectivity index (χ4n) is 3.90. The van der Waals surface area contributed by atoms with Crippen LogP contribution in [-0.2, 0) is 11.3 Å². The molecule has 2 saturated heterocycles. The number of aromatic nitrogens is 3. The van der Waals surface area contributed by atoms with Crippen molar-refractivity contribution >= 4 is 16.5 Å². The predicted octanol–water partition coefficient (Wildman–Crippen LogP) is 2.26. The first-order chi connectivity index (χ1) is 12.8. The molecule has 4 rings (SSSR count). The highest BCUT2D eigenvalue weighted by Gasteiger charge is 2.28. The summed E-state index contributed by atoms with van der Waals surface area (Å²) in [7, 11) is 0. The van der Waals surface area contributed by atoms with Crippen molar-refractivity contribution in [3.8, 4) is 6.07 Å². The average molecular weight is 372 g/mol. The molecule has 8 heteroatoms. The van der Waals surface area contributed by atoms with Gasteiger partial charge in [0.2, 0.25) is 0 Å². The summed E-state index contributed by atoms with van der Waals surface area (Å²) in [6.07, 6.45) is 4.23. The number of hydrogen-bond acceptors (Lipinski definition) is 7. The highest BCUT2D eigenvalue weighted by Crippen LogP contribution is 2.35. The second-order valence-corrected chi connectivity index (χ2v) is 7.79. The molecule has 0 aliphatic carbocycles. The van der Waals surface area contributed by atoms with E-state index in [1.165, 1.54) is 22.8 Å². The Morgan fingerprint density at radius 2 is 2.23 bits per heavy atom. The molecule has 2 aromatic rings. The zero-order valence-electron chi connectivity index (χ0n) is 15.1. The molecule has 0 saturated carbocycles. The molecule has 26 heavy (non-hydrogen) atoms. The maximum atomic E-state index is 9.45. The Labute approximate surface area is 157 Å². The number of aromatic amines is 1. The van der Waals surface area contributed by atoms with Crippen LogP contribution in [-0.4, -0.2) is 58.9 Å². The van der Waals surface area contributed by atoms with Crippen molar-refractivity contribution in [2.24, 2.45) is 0 Å². The molecule has 2 fully saturated rings. The Bertz CT molecular complexity index is 788. The number of piperidine rings is 1. The van der Waals surface area contributed by atoms with E-state index in [1.807, 2.05) is 13.1 Å². The van der Waals surface area contributed by atoms with Gasteiger partial charge in [0.1, 0.15) is 16.6 Å². The molecule has 2 aliphatic heterocycles. The lowest BCUT2D eigenvalue weighted by atomic mass is 9.92. The molecule has 1 unspecified atom stereocenters. The fourth-order valence-corrected chi connectivity index (χ4v) is 4.78. The van der Waals surface area contributed by atoms with Crippen LogP contribution in [0.1, 0.15) is 41.3 Å². The second-order valence-electron chi connectivity index (χ2n) is 7.04. The van der Waals surface area contributed by atoms with Crippen molar-refractivity contribution in [2.75, 3.05) is 44.3 Å². The van der Waals surface area contributed by atoms with Crippen LogP contribution in [0.25, 0.3) is 0 Å². The zero-order chi connectivity index (χ0) is 17.9. The van der Waals surface area contributed by atoms with Crippen molar-refractivity contribution in [3.05, 3.63) is 28.7 Å². The Kier molecular flexibility index (Phi) is 5.20. The van der Waals surface area contributed by atoms with E-state index in [-0.39, 0.29) is 0 Å². The molecule has 0 bridgehead atoms. The van der Waals surface area contributed by atoms with Crippen LogP contribution >= 0.6 is 11.5 Å². The molecule has 138 valence electrons. The van der Waals surface area contributed by atoms with E-state index in [1.54, 1.807) is 0 Å². The number of ether oxygens (including phenoxy) is 1. The predicted molar refractivity (Wildman–Crippen MR) is 100 cm³/mol. The van der Waals surface area contributed by atoms with Gasteiger partial charge in [-0.2, -0.15) is 14.7 Å². The van der Waals surface area contributed by atoms with E-state index in [0.29, 0.717) is 5.92 Å². The third-order valence-corrected chi connectivity index (χ3v) is 6.32. The van der Waals surface area contributed by atoms with E-state index in [0.717, 1.165) is 75.0 Å². The van der Waals surface area contributed by atoms with Gasteiger partial charge in [0.05, 0.1) is 25.1 Å². The van der Waals surface area contributed by atoms with Crippen LogP contribution in [0.5, 0.6) is 0 Å². The van der Waals surface area contributed by atoms with E-state index >= 15 is 0 Å². The molecule has 0 radical (unpaired) electrons. The third kappa shape index (κ3) is 3.47. The molecular weight excluding hydrogens is 348 g/mol. The van der Waals surface area contributed by atoms with Crippen LogP contribution in [0.4, 0.5) is 5.00 Å². The van der Waals surface area contributed by atoms with Crippen molar-refractivity contribution in [2.45, 2.75) is 32.2 Å². The minimum atomic E-state index is 0.413. The largest absolute Gasteiger partial charge is 0.379 e. The molecule has 2 aromatic heterocycles. The minimum absolute atomic E-state index is 0.413. The number of aryl methyl sites for hydroxylation is 1. The third-order valence-electron chi connectivity index (χ3n) is 5.32. The molecule has 4 heterocycles. The SMILES string of the molecule is Cc1nsc(N2CCCC(c3[nH]ncc3CN3CCOCC3)C2)c1C#N. The Morgan fingerprint density at radius 1 is 1.38 bits per heavy atom. The smallest absolute Gasteiger partial charge is 0.130 e. The van der Waals surface area contributed by atoms with Gasteiger partial charge in [-0.15, -0.1) is 0 Å². The maximum Gasteiger partial charge on any atom is 0.130 e. The zero-order valence-corrected chi connectivity index (χ0v) is 15.9. The van der Waals surface area contributed by atoms with Crippen LogP contribution in [0, 0.1) is 18.3 Å². The van der Waals surface area contributed by atoms with Crippen molar-refractivity contribution in [1.82, 2.24) is 19.5 Å². The summed E-state index contributed by atoms with van der Waals surface area (Å²) in [4.78, 5) is 4.76. The summed E-state index contributed by atoms with van der Waals surface area (Å²) >= 11 is 1.44. The lowest BCUT2D eigenvalue weighted by Gasteiger charge is -2.34. The summed E-state index contributed by atoms with van der Waals surface area (Å²) in [6.45, 7) is 8.32. The Morgan fingerprint density at radius 3 is 3.04 bits per heavy atom. The van der Waals surface area contributed by atoms with E-state index in [2.05, 4.69) is 30.4 Å². The summed E-state index contributed by atoms with van der Waals surface area (Å²) in [5.41, 5.74) is 4.11. The van der Waals surface area contributed by atoms with Gasteiger partial charge in [0, 0.05) is 49.9 Å². The van der Waals surface area contributed by atoms with Gasteiger partial charge in [-0.25, -0.2) is 0 Å². The second kappa shape index (κ2) is 7.74. The molecular formula is C18H24N6OS. The van der Waals surface area contributed by atoms with E-state index < -0.39 is 0 Å². The molecule has 1 N–H and O–H groups in total. The van der Waals surface area contributed by atoms with Crippen LogP contribution in [0.2, 0.25) is 0 Å². The quantitative estimate of drug-likeness (QED) is 0.887. The molecule has 2 aliphatic rings. The lowest BCUT2D eigenvalue weighted by molar-refractivity contribution is 0.0340. The monoisotopic (exact) mass is 372 g/mol. The first-order valence-corrected chi connectivity index (χ1v) is 9.97. The number of hydrogen-bond donors (Lipinski definition) is 1. The highest BCUT2D eigenvalue weighted by atomic mass is 32.1. The number of nitrogens with zero attached hydrogens (tertiary/aromatic N) is 5. The Hall–Kier alpha value is -1.95. The summed E-state index contributed by atoms with van der Waals surface area (Å²) in [5.74, 6) is 0.413. The molecule has 0 aromatic carbocycles. The number of morpholine rings is 1. The van der Waals surface area contributed by atoms with Crippen molar-refractivity contribution < 1.29 is 4.74 Å². The van der Waals surface area contributed by atoms with Gasteiger partial charge in [-0.1, -0.05) is 0 Å². The summed E-state index contributed by atoms with van der Waals surface area (Å²) in [6, 6.07) is 2.32. The Balaban J connectivity index is 1.50. The number of anilines is 1. The number of H-pyrrole nitrogens is 1. The number of nitriles is 1. The fraction of sp³-hybridized carbons (Fsp3) is 0.611. The molecule has 7 nitrogen and oxygen atoms in total. The average Bonchev–Trinajstić information content (AvgIpc) is 3.29. The van der Waals surface area contributed by atoms with Gasteiger partial charge < -0.3 is 9.64 Å². The van der Waals surface area contributed by atoms with Crippen LogP contribution in [0.3, 0.4) is 0 Å². The normalized spacial score (nSPS) is 21.7. The van der Waals surface area contributed by atoms with Crippen LogP contribution in [0.15, 0.2) is 6.20 Å². The number of rotatable bonds is 4. The lowest BCUT2D eigenvalue weighted by Crippen LogP contribution is -2.37. The van der Waals surface area contributed by atoms with Gasteiger partial charge in [0.25, 0.3) is 0 Å². The van der Waals surface area contributed by atoms with E-state index in [9.17, 15) is 5.26 Å². The first kappa shape index (κ1) is 17.5. The minimum Gasteiger partial charge on any atom is -0.379 e. The standard InChI is InChI=1S/C18H24N6OS/c1-13-16(9-19)18(26-22-13)24-4-2-3-14(12-24)17-15(10-20-21-17)11-23-5-7-25-8-6-23/h10,14H,2-8,11-12H2,1H3,(H,20,21). The highest BCUT2D eigenvalue weighted by molar-refractivity contribution is 7.10. The van der Waals surface area contributed by atoms with Crippen LogP contribution < -0.4 is 4.90 Å². The van der Waals surface area contributed by atoms with Gasteiger partial charge >= 0.3 is 0 Å². The first-order valence-electron chi connectivity index (χ1n) is 9.20. The van der Waals surface area contributed by atoms with Gasteiger partial charge in [-0.3, -0.25) is 10.00 Å². The van der Waals surface area contributed by atoms with Gasteiger partial charge in [0.15, 0.2) is 0 Å². The van der Waals surface area contributed by atoms with Crippen molar-refractivity contribution in [1.29, 1.82) is 5.26 Å². The van der Waals surface area contributed by atoms with Crippen molar-refractivity contribution in [3.63, 3.8) is 0 Å². The number of nitrogens with one attached hydrogen (secondary N) is 1. The topological polar surface area (TPSA) is 81.1 Å². The maximum absolute atomic E-state index is 9.45.